The van der Waals surface area contributed by atoms with Crippen molar-refractivity contribution in [3.8, 4) is 10.4 Å². The molecule has 8 nitrogen and oxygen atoms in total. The van der Waals surface area contributed by atoms with E-state index in [-0.39, 0.29) is 34.5 Å². The first kappa shape index (κ1) is 30.6. The third-order valence-corrected chi connectivity index (χ3v) is 8.79. The van der Waals surface area contributed by atoms with E-state index in [4.69, 9.17) is 32.8 Å². The topological polar surface area (TPSA) is 96.4 Å². The van der Waals surface area contributed by atoms with E-state index in [1.807, 2.05) is 60.7 Å². The zero-order valence-corrected chi connectivity index (χ0v) is 25.3. The highest BCUT2D eigenvalue weighted by Crippen LogP contribution is 2.39. The van der Waals surface area contributed by atoms with Gasteiger partial charge >= 0.3 is 12.1 Å². The van der Waals surface area contributed by atoms with Crippen LogP contribution in [0, 0.1) is 5.92 Å². The second-order valence-electron chi connectivity index (χ2n) is 10.0. The van der Waals surface area contributed by atoms with Gasteiger partial charge in [-0.15, -0.1) is 16.4 Å². The van der Waals surface area contributed by atoms with Gasteiger partial charge in [0, 0.05) is 29.5 Å². The first-order chi connectivity index (χ1) is 20.8. The van der Waals surface area contributed by atoms with Crippen molar-refractivity contribution in [1.82, 2.24) is 5.06 Å². The maximum Gasteiger partial charge on any atom is 0.528 e. The summed E-state index contributed by atoms with van der Waals surface area (Å²) in [5.41, 5.74) is 2.23. The molecule has 3 aromatic carbocycles. The molecule has 0 aliphatic carbocycles. The molecule has 1 amide bonds. The Morgan fingerprint density at radius 3 is 2.26 bits per heavy atom. The molecule has 0 bridgehead atoms. The van der Waals surface area contributed by atoms with E-state index >= 15 is 0 Å². The number of halogens is 2. The molecule has 2 heterocycles. The van der Waals surface area contributed by atoms with Gasteiger partial charge in [0.2, 0.25) is 0 Å². The second kappa shape index (κ2) is 14.1. The molecule has 4 aromatic rings. The van der Waals surface area contributed by atoms with Crippen LogP contribution in [0.5, 0.6) is 0 Å². The number of carboxylic acids is 1. The standard InChI is InChI=1S/C32H28Cl2N2O6S/c33-24-11-12-25(26(34)17-24)30(37)36(27-18-28(43-29(27)31(38)39)23-9-5-2-6-10-23)19-21-13-15-35(16-14-21)42-32(40)41-20-22-7-3-1-4-8-22/h1-12,17-18,21H,13-16,19-20H2,(H,38,39). The molecular weight excluding hydrogens is 611 g/mol. The molecule has 0 unspecified atom stereocenters. The minimum absolute atomic E-state index is 0.00284. The molecule has 1 aliphatic heterocycles. The molecule has 1 fully saturated rings. The number of carbonyl (C=O) groups is 3. The predicted octanol–water partition coefficient (Wildman–Crippen LogP) is 8.05. The largest absolute Gasteiger partial charge is 0.528 e. The fourth-order valence-electron chi connectivity index (χ4n) is 4.87. The number of ether oxygens (including phenoxy) is 1. The fraction of sp³-hybridized carbons (Fsp3) is 0.219. The number of rotatable bonds is 9. The molecule has 0 spiro atoms. The zero-order valence-electron chi connectivity index (χ0n) is 22.9. The third kappa shape index (κ3) is 7.74. The van der Waals surface area contributed by atoms with Gasteiger partial charge in [0.15, 0.2) is 0 Å². The lowest BCUT2D eigenvalue weighted by atomic mass is 9.96. The van der Waals surface area contributed by atoms with Gasteiger partial charge in [-0.25, -0.2) is 9.59 Å². The van der Waals surface area contributed by atoms with Gasteiger partial charge < -0.3 is 19.6 Å². The van der Waals surface area contributed by atoms with Crippen molar-refractivity contribution in [2.75, 3.05) is 24.5 Å². The summed E-state index contributed by atoms with van der Waals surface area (Å²) in [6.07, 6.45) is 0.416. The van der Waals surface area contributed by atoms with Crippen LogP contribution in [0.15, 0.2) is 84.9 Å². The maximum absolute atomic E-state index is 14.0. The summed E-state index contributed by atoms with van der Waals surface area (Å²) in [6.45, 7) is 1.21. The lowest BCUT2D eigenvalue weighted by molar-refractivity contribution is -0.143. The summed E-state index contributed by atoms with van der Waals surface area (Å²) >= 11 is 13.6. The minimum atomic E-state index is -1.13. The van der Waals surface area contributed by atoms with E-state index in [9.17, 15) is 19.5 Å². The lowest BCUT2D eigenvalue weighted by Crippen LogP contribution is -2.42. The van der Waals surface area contributed by atoms with E-state index in [0.717, 1.165) is 27.3 Å². The summed E-state index contributed by atoms with van der Waals surface area (Å²) in [7, 11) is 0. The Hall–Kier alpha value is -3.89. The highest BCUT2D eigenvalue weighted by atomic mass is 35.5. The van der Waals surface area contributed by atoms with Gasteiger partial charge in [-0.1, -0.05) is 83.9 Å². The van der Waals surface area contributed by atoms with E-state index in [0.29, 0.717) is 36.6 Å². The second-order valence-corrected chi connectivity index (χ2v) is 11.9. The van der Waals surface area contributed by atoms with Crippen LogP contribution in [0.4, 0.5) is 10.5 Å². The fourth-order valence-corrected chi connectivity index (χ4v) is 6.36. The number of anilines is 1. The summed E-state index contributed by atoms with van der Waals surface area (Å²) in [4.78, 5) is 46.3. The summed E-state index contributed by atoms with van der Waals surface area (Å²) in [6, 6.07) is 25.1. The Bertz CT molecular complexity index is 1590. The van der Waals surface area contributed by atoms with Crippen LogP contribution in [0.3, 0.4) is 0 Å². The Morgan fingerprint density at radius 2 is 1.60 bits per heavy atom. The van der Waals surface area contributed by atoms with Gasteiger partial charge in [-0.2, -0.15) is 0 Å². The number of thiophene rings is 1. The molecule has 1 N–H and O–H groups in total. The number of aromatic carboxylic acids is 1. The molecule has 1 aliphatic rings. The average Bonchev–Trinajstić information content (AvgIpc) is 3.46. The van der Waals surface area contributed by atoms with Gasteiger partial charge in [0.05, 0.1) is 16.3 Å². The number of hydrogen-bond donors (Lipinski definition) is 1. The molecule has 0 saturated carbocycles. The van der Waals surface area contributed by atoms with Gasteiger partial charge in [-0.3, -0.25) is 4.79 Å². The summed E-state index contributed by atoms with van der Waals surface area (Å²) in [5.74, 6) is -1.55. The number of amides is 1. The van der Waals surface area contributed by atoms with Crippen LogP contribution in [0.25, 0.3) is 10.4 Å². The van der Waals surface area contributed by atoms with E-state index in [1.165, 1.54) is 11.0 Å². The zero-order chi connectivity index (χ0) is 30.3. The van der Waals surface area contributed by atoms with Crippen LogP contribution in [0.1, 0.15) is 38.4 Å². The molecule has 222 valence electrons. The van der Waals surface area contributed by atoms with Crippen molar-refractivity contribution in [2.24, 2.45) is 5.92 Å². The van der Waals surface area contributed by atoms with Crippen molar-refractivity contribution in [3.05, 3.63) is 111 Å². The number of hydrogen-bond acceptors (Lipinski definition) is 7. The lowest BCUT2D eigenvalue weighted by Gasteiger charge is -2.33. The number of benzene rings is 3. The summed E-state index contributed by atoms with van der Waals surface area (Å²) in [5, 5.41) is 12.2. The highest BCUT2D eigenvalue weighted by molar-refractivity contribution is 7.18. The van der Waals surface area contributed by atoms with Gasteiger partial charge in [-0.05, 0) is 54.2 Å². The Kier molecular flexibility index (Phi) is 9.99. The van der Waals surface area contributed by atoms with Crippen LogP contribution in [0.2, 0.25) is 10.0 Å². The third-order valence-electron chi connectivity index (χ3n) is 7.08. The van der Waals surface area contributed by atoms with Gasteiger partial charge in [0.25, 0.3) is 5.91 Å². The number of carboxylic acid groups (broad SMARTS) is 1. The Labute approximate surface area is 262 Å². The van der Waals surface area contributed by atoms with Crippen molar-refractivity contribution in [2.45, 2.75) is 19.4 Å². The van der Waals surface area contributed by atoms with Crippen molar-refractivity contribution in [1.29, 1.82) is 0 Å². The normalized spacial score (nSPS) is 13.8. The van der Waals surface area contributed by atoms with E-state index in [1.54, 1.807) is 23.3 Å². The van der Waals surface area contributed by atoms with E-state index < -0.39 is 18.0 Å². The van der Waals surface area contributed by atoms with Gasteiger partial charge in [0.1, 0.15) is 11.5 Å². The number of carbonyl (C=O) groups excluding carboxylic acids is 2. The Morgan fingerprint density at radius 1 is 0.930 bits per heavy atom. The van der Waals surface area contributed by atoms with Crippen molar-refractivity contribution < 1.29 is 29.1 Å². The minimum Gasteiger partial charge on any atom is -0.477 e. The molecule has 1 aromatic heterocycles. The smallest absolute Gasteiger partial charge is 0.477 e. The monoisotopic (exact) mass is 638 g/mol. The number of nitrogens with zero attached hydrogens (tertiary/aromatic N) is 2. The quantitative estimate of drug-likeness (QED) is 0.185. The van der Waals surface area contributed by atoms with Crippen molar-refractivity contribution in [3.63, 3.8) is 0 Å². The first-order valence-electron chi connectivity index (χ1n) is 13.6. The molecule has 11 heteroatoms. The van der Waals surface area contributed by atoms with Crippen LogP contribution in [-0.4, -0.2) is 47.8 Å². The first-order valence-corrected chi connectivity index (χ1v) is 15.2. The molecule has 0 atom stereocenters. The van der Waals surface area contributed by atoms with Crippen molar-refractivity contribution >= 4 is 58.3 Å². The Balaban J connectivity index is 1.33. The van der Waals surface area contributed by atoms with Crippen LogP contribution in [-0.2, 0) is 16.2 Å². The van der Waals surface area contributed by atoms with Crippen LogP contribution < -0.4 is 4.90 Å². The SMILES string of the molecule is O=C(OCc1ccccc1)ON1CCC(CN(C(=O)c2ccc(Cl)cc2Cl)c2cc(-c3ccccc3)sc2C(=O)O)CC1. The highest BCUT2D eigenvalue weighted by Gasteiger charge is 2.31. The molecule has 1 saturated heterocycles. The number of hydroxylamine groups is 2. The maximum atomic E-state index is 14.0. The molecule has 43 heavy (non-hydrogen) atoms. The van der Waals surface area contributed by atoms with Crippen LogP contribution >= 0.6 is 34.5 Å². The molecule has 0 radical (unpaired) electrons. The average molecular weight is 640 g/mol. The molecule has 5 rings (SSSR count). The number of piperidine rings is 1. The predicted molar refractivity (Wildman–Crippen MR) is 167 cm³/mol. The van der Waals surface area contributed by atoms with E-state index in [2.05, 4.69) is 0 Å². The molecular formula is C32H28Cl2N2O6S. The summed E-state index contributed by atoms with van der Waals surface area (Å²) < 4.78 is 5.22.